The van der Waals surface area contributed by atoms with Crippen molar-refractivity contribution in [2.24, 2.45) is 0 Å². The minimum Gasteiger partial charge on any atom is -0.316 e. The minimum absolute atomic E-state index is 0.347. The SMILES string of the molecule is CCCCc1nnc(NC(=O)c2ccc3c(c2)[nH]c(=O)c(=O)n3CC)s1. The lowest BCUT2D eigenvalue weighted by Crippen LogP contribution is -2.36. The molecule has 0 saturated heterocycles. The smallest absolute Gasteiger partial charge is 0.316 e. The third-order valence-electron chi connectivity index (χ3n) is 3.98. The fourth-order valence-corrected chi connectivity index (χ4v) is 3.41. The number of aromatic nitrogens is 4. The van der Waals surface area contributed by atoms with Gasteiger partial charge >= 0.3 is 11.1 Å². The molecule has 136 valence electrons. The lowest BCUT2D eigenvalue weighted by atomic mass is 10.2. The van der Waals surface area contributed by atoms with Crippen LogP contribution in [0.3, 0.4) is 0 Å². The second-order valence-electron chi connectivity index (χ2n) is 5.79. The molecule has 3 aromatic rings. The summed E-state index contributed by atoms with van der Waals surface area (Å²) in [5.41, 5.74) is 0.0587. The molecule has 3 rings (SSSR count). The molecule has 0 spiro atoms. The quantitative estimate of drug-likeness (QED) is 0.644. The maximum absolute atomic E-state index is 12.5. The van der Waals surface area contributed by atoms with E-state index in [-0.39, 0.29) is 5.91 Å². The molecule has 8 nitrogen and oxygen atoms in total. The van der Waals surface area contributed by atoms with Crippen LogP contribution in [0.1, 0.15) is 42.1 Å². The van der Waals surface area contributed by atoms with Crippen LogP contribution in [0.5, 0.6) is 0 Å². The summed E-state index contributed by atoms with van der Waals surface area (Å²) >= 11 is 1.35. The van der Waals surface area contributed by atoms with Crippen LogP contribution in [0.2, 0.25) is 0 Å². The van der Waals surface area contributed by atoms with Gasteiger partial charge in [0.15, 0.2) is 0 Å². The molecule has 0 bridgehead atoms. The molecule has 0 atom stereocenters. The van der Waals surface area contributed by atoms with E-state index in [1.807, 2.05) is 0 Å². The zero-order chi connectivity index (χ0) is 18.7. The van der Waals surface area contributed by atoms with Crippen molar-refractivity contribution in [2.75, 3.05) is 5.32 Å². The predicted octanol–water partition coefficient (Wildman–Crippen LogP) is 2.16. The van der Waals surface area contributed by atoms with Crippen molar-refractivity contribution in [3.63, 3.8) is 0 Å². The lowest BCUT2D eigenvalue weighted by Gasteiger charge is -2.08. The van der Waals surface area contributed by atoms with Gasteiger partial charge in [-0.1, -0.05) is 24.7 Å². The number of carbonyl (C=O) groups is 1. The molecule has 0 aliphatic rings. The van der Waals surface area contributed by atoms with Crippen LogP contribution in [0.15, 0.2) is 27.8 Å². The highest BCUT2D eigenvalue weighted by molar-refractivity contribution is 7.15. The van der Waals surface area contributed by atoms with Crippen LogP contribution in [-0.2, 0) is 13.0 Å². The maximum atomic E-state index is 12.5. The van der Waals surface area contributed by atoms with Crippen LogP contribution in [0, 0.1) is 0 Å². The minimum atomic E-state index is -0.707. The second-order valence-corrected chi connectivity index (χ2v) is 6.86. The topological polar surface area (TPSA) is 110 Å². The highest BCUT2D eigenvalue weighted by atomic mass is 32.1. The molecule has 0 unspecified atom stereocenters. The van der Waals surface area contributed by atoms with Gasteiger partial charge in [0.1, 0.15) is 5.01 Å². The molecule has 1 amide bonds. The Balaban J connectivity index is 1.87. The molecule has 2 N–H and O–H groups in total. The first-order valence-corrected chi connectivity index (χ1v) is 9.25. The molecule has 0 radical (unpaired) electrons. The Morgan fingerprint density at radius 1 is 1.27 bits per heavy atom. The number of nitrogens with one attached hydrogen (secondary N) is 2. The van der Waals surface area contributed by atoms with E-state index in [1.54, 1.807) is 25.1 Å². The Morgan fingerprint density at radius 2 is 2.08 bits per heavy atom. The summed E-state index contributed by atoms with van der Waals surface area (Å²) in [7, 11) is 0. The van der Waals surface area contributed by atoms with Gasteiger partial charge in [0.25, 0.3) is 5.91 Å². The van der Waals surface area contributed by atoms with E-state index in [2.05, 4.69) is 27.4 Å². The van der Waals surface area contributed by atoms with Gasteiger partial charge in [-0.3, -0.25) is 19.7 Å². The van der Waals surface area contributed by atoms with Gasteiger partial charge in [0.2, 0.25) is 5.13 Å². The Kier molecular flexibility index (Phi) is 5.27. The molecular weight excluding hydrogens is 354 g/mol. The molecule has 0 saturated carbocycles. The third-order valence-corrected chi connectivity index (χ3v) is 4.88. The first kappa shape index (κ1) is 18.0. The molecule has 26 heavy (non-hydrogen) atoms. The zero-order valence-electron chi connectivity index (χ0n) is 14.5. The normalized spacial score (nSPS) is 11.0. The van der Waals surface area contributed by atoms with Crippen molar-refractivity contribution in [2.45, 2.75) is 39.7 Å². The number of aryl methyl sites for hydroxylation is 2. The summed E-state index contributed by atoms with van der Waals surface area (Å²) < 4.78 is 1.38. The van der Waals surface area contributed by atoms with Crippen LogP contribution in [0.4, 0.5) is 5.13 Å². The Hall–Kier alpha value is -2.81. The van der Waals surface area contributed by atoms with E-state index < -0.39 is 11.1 Å². The number of fused-ring (bicyclic) bond motifs is 1. The zero-order valence-corrected chi connectivity index (χ0v) is 15.4. The van der Waals surface area contributed by atoms with Crippen molar-refractivity contribution >= 4 is 33.4 Å². The average molecular weight is 373 g/mol. The fourth-order valence-electron chi connectivity index (χ4n) is 2.64. The van der Waals surface area contributed by atoms with Gasteiger partial charge in [-0.25, -0.2) is 0 Å². The number of nitrogens with zero attached hydrogens (tertiary/aromatic N) is 3. The summed E-state index contributed by atoms with van der Waals surface area (Å²) in [4.78, 5) is 38.6. The molecule has 2 heterocycles. The Morgan fingerprint density at radius 3 is 2.81 bits per heavy atom. The predicted molar refractivity (Wildman–Crippen MR) is 101 cm³/mol. The van der Waals surface area contributed by atoms with Gasteiger partial charge in [0.05, 0.1) is 11.0 Å². The first-order chi connectivity index (χ1) is 12.5. The van der Waals surface area contributed by atoms with Crippen molar-refractivity contribution in [3.8, 4) is 0 Å². The monoisotopic (exact) mass is 373 g/mol. The van der Waals surface area contributed by atoms with Gasteiger partial charge in [-0.15, -0.1) is 10.2 Å². The highest BCUT2D eigenvalue weighted by Gasteiger charge is 2.13. The number of H-pyrrole nitrogens is 1. The molecule has 9 heteroatoms. The van der Waals surface area contributed by atoms with Crippen molar-refractivity contribution in [1.29, 1.82) is 0 Å². The van der Waals surface area contributed by atoms with Gasteiger partial charge < -0.3 is 9.55 Å². The maximum Gasteiger partial charge on any atom is 0.316 e. The fraction of sp³-hybridized carbons (Fsp3) is 0.353. The largest absolute Gasteiger partial charge is 0.316 e. The van der Waals surface area contributed by atoms with E-state index in [9.17, 15) is 14.4 Å². The molecule has 0 aliphatic carbocycles. The number of unbranched alkanes of at least 4 members (excludes halogenated alkanes) is 1. The van der Waals surface area contributed by atoms with E-state index >= 15 is 0 Å². The summed E-state index contributed by atoms with van der Waals surface area (Å²) in [6, 6.07) is 4.81. The third kappa shape index (κ3) is 3.57. The lowest BCUT2D eigenvalue weighted by molar-refractivity contribution is 0.102. The molecule has 0 aliphatic heterocycles. The average Bonchev–Trinajstić information content (AvgIpc) is 3.08. The summed E-state index contributed by atoms with van der Waals surface area (Å²) in [5, 5.41) is 12.1. The van der Waals surface area contributed by atoms with E-state index in [1.165, 1.54) is 15.9 Å². The Labute approximate surface area is 152 Å². The standard InChI is InChI=1S/C17H19N5O3S/c1-3-5-6-13-20-21-17(26-13)19-14(23)10-7-8-12-11(9-10)18-15(24)16(25)22(12)4-2/h7-9H,3-6H2,1-2H3,(H,18,24)(H,19,21,23). The summed E-state index contributed by atoms with van der Waals surface area (Å²) in [5.74, 6) is -0.347. The van der Waals surface area contributed by atoms with E-state index in [0.717, 1.165) is 24.3 Å². The van der Waals surface area contributed by atoms with E-state index in [0.29, 0.717) is 28.3 Å². The van der Waals surface area contributed by atoms with Gasteiger partial charge in [-0.05, 0) is 31.5 Å². The highest BCUT2D eigenvalue weighted by Crippen LogP contribution is 2.19. The first-order valence-electron chi connectivity index (χ1n) is 8.44. The number of hydrogen-bond donors (Lipinski definition) is 2. The summed E-state index contributed by atoms with van der Waals surface area (Å²) in [6.07, 6.45) is 2.94. The van der Waals surface area contributed by atoms with Gasteiger partial charge in [0, 0.05) is 18.5 Å². The van der Waals surface area contributed by atoms with Crippen molar-refractivity contribution in [3.05, 3.63) is 49.5 Å². The number of benzene rings is 1. The number of anilines is 1. The second kappa shape index (κ2) is 7.61. The van der Waals surface area contributed by atoms with Crippen molar-refractivity contribution < 1.29 is 4.79 Å². The number of rotatable bonds is 6. The molecular formula is C17H19N5O3S. The van der Waals surface area contributed by atoms with Crippen molar-refractivity contribution in [1.82, 2.24) is 19.7 Å². The van der Waals surface area contributed by atoms with Gasteiger partial charge in [-0.2, -0.15) is 0 Å². The van der Waals surface area contributed by atoms with Crippen LogP contribution < -0.4 is 16.4 Å². The van der Waals surface area contributed by atoms with Crippen LogP contribution >= 0.6 is 11.3 Å². The number of amides is 1. The van der Waals surface area contributed by atoms with Crippen LogP contribution in [0.25, 0.3) is 11.0 Å². The van der Waals surface area contributed by atoms with Crippen LogP contribution in [-0.4, -0.2) is 25.7 Å². The van der Waals surface area contributed by atoms with E-state index in [4.69, 9.17) is 0 Å². The molecule has 1 aromatic carbocycles. The number of hydrogen-bond acceptors (Lipinski definition) is 6. The molecule has 0 fully saturated rings. The molecule has 2 aromatic heterocycles. The number of aromatic amines is 1. The Bertz CT molecular complexity index is 1070. The summed E-state index contributed by atoms with van der Waals surface area (Å²) in [6.45, 7) is 4.26. The number of carbonyl (C=O) groups excluding carboxylic acids is 1.